The van der Waals surface area contributed by atoms with E-state index in [0.29, 0.717) is 28.7 Å². The predicted octanol–water partition coefficient (Wildman–Crippen LogP) is 4.28. The van der Waals surface area contributed by atoms with Crippen LogP contribution in [0.4, 0.5) is 19.0 Å². The molecule has 3 heterocycles. The van der Waals surface area contributed by atoms with Gasteiger partial charge in [0.05, 0.1) is 36.0 Å². The lowest BCUT2D eigenvalue weighted by atomic mass is 10.1. The van der Waals surface area contributed by atoms with Crippen molar-refractivity contribution in [1.29, 1.82) is 0 Å². The number of nitrogens with zero attached hydrogens (tertiary/aromatic N) is 2. The van der Waals surface area contributed by atoms with Crippen molar-refractivity contribution in [3.8, 4) is 0 Å². The number of hydrogen-bond donors (Lipinski definition) is 2. The molecule has 1 amide bonds. The van der Waals surface area contributed by atoms with Crippen LogP contribution in [0.1, 0.15) is 40.0 Å². The second-order valence-electron chi connectivity index (χ2n) is 7.89. The quantitative estimate of drug-likeness (QED) is 0.583. The highest BCUT2D eigenvalue weighted by atomic mass is 19.4. The van der Waals surface area contributed by atoms with E-state index >= 15 is 0 Å². The van der Waals surface area contributed by atoms with E-state index in [1.807, 2.05) is 13.0 Å². The van der Waals surface area contributed by atoms with Crippen molar-refractivity contribution in [3.05, 3.63) is 65.0 Å². The van der Waals surface area contributed by atoms with E-state index in [-0.39, 0.29) is 12.5 Å². The summed E-state index contributed by atoms with van der Waals surface area (Å²) in [5.74, 6) is 0.0751. The smallest absolute Gasteiger partial charge is 0.383 e. The lowest BCUT2D eigenvalue weighted by Gasteiger charge is -2.19. The number of carbonyl (C=O) groups excluding carboxylic acids is 1. The van der Waals surface area contributed by atoms with Gasteiger partial charge in [0.15, 0.2) is 0 Å². The zero-order valence-corrected chi connectivity index (χ0v) is 19.0. The van der Waals surface area contributed by atoms with Crippen LogP contribution in [0.25, 0.3) is 10.9 Å². The first kappa shape index (κ1) is 25.4. The summed E-state index contributed by atoms with van der Waals surface area (Å²) in [7, 11) is 1.74. The number of ether oxygens (including phenoxy) is 2. The van der Waals surface area contributed by atoms with Gasteiger partial charge in [-0.3, -0.25) is 9.78 Å². The molecule has 0 bridgehead atoms. The Hall–Kier alpha value is -3.24. The molecule has 7 nitrogen and oxygen atoms in total. The third-order valence-electron chi connectivity index (χ3n) is 5.34. The van der Waals surface area contributed by atoms with E-state index in [1.54, 1.807) is 25.3 Å². The van der Waals surface area contributed by atoms with E-state index in [9.17, 15) is 18.0 Å². The fraction of sp³-hybridized carbons (Fsp3) is 0.375. The van der Waals surface area contributed by atoms with Crippen LogP contribution in [0.3, 0.4) is 0 Å². The molecule has 182 valence electrons. The van der Waals surface area contributed by atoms with Crippen LogP contribution < -0.4 is 11.1 Å². The number of nitrogen functional groups attached to an aromatic ring is 1. The highest BCUT2D eigenvalue weighted by molar-refractivity contribution is 5.98. The average molecular weight is 476 g/mol. The van der Waals surface area contributed by atoms with E-state index in [1.165, 1.54) is 6.07 Å². The first-order chi connectivity index (χ1) is 16.2. The number of nitrogens with one attached hydrogen (secondary N) is 1. The number of rotatable bonds is 4. The van der Waals surface area contributed by atoms with Gasteiger partial charge in [0.2, 0.25) is 0 Å². The maximum atomic E-state index is 12.5. The van der Waals surface area contributed by atoms with Crippen LogP contribution in [0, 0.1) is 6.92 Å². The molecule has 1 unspecified atom stereocenters. The van der Waals surface area contributed by atoms with Gasteiger partial charge in [-0.2, -0.15) is 13.2 Å². The number of amides is 1. The first-order valence-electron chi connectivity index (χ1n) is 10.7. The third-order valence-corrected chi connectivity index (χ3v) is 5.34. The Morgan fingerprint density at radius 2 is 2.06 bits per heavy atom. The Balaban J connectivity index is 0.000000343. The number of methoxy groups -OCH3 is 1. The molecule has 0 aliphatic carbocycles. The fourth-order valence-electron chi connectivity index (χ4n) is 3.31. The molecule has 0 saturated carbocycles. The molecule has 34 heavy (non-hydrogen) atoms. The normalized spacial score (nSPS) is 16.0. The summed E-state index contributed by atoms with van der Waals surface area (Å²) >= 11 is 0. The number of aryl methyl sites for hydroxylation is 1. The second-order valence-corrected chi connectivity index (χ2v) is 7.89. The van der Waals surface area contributed by atoms with E-state index in [4.69, 9.17) is 15.2 Å². The average Bonchev–Trinajstić information content (AvgIpc) is 2.83. The van der Waals surface area contributed by atoms with Gasteiger partial charge >= 0.3 is 6.18 Å². The minimum absolute atomic E-state index is 0.0218. The van der Waals surface area contributed by atoms with Crippen LogP contribution in [0.5, 0.6) is 0 Å². The minimum atomic E-state index is -4.44. The molecule has 1 aliphatic rings. The Morgan fingerprint density at radius 3 is 2.65 bits per heavy atom. The third kappa shape index (κ3) is 6.88. The number of nitrogens with two attached hydrogens (primary N) is 1. The summed E-state index contributed by atoms with van der Waals surface area (Å²) in [6.45, 7) is 3.55. The highest BCUT2D eigenvalue weighted by Crippen LogP contribution is 2.28. The lowest BCUT2D eigenvalue weighted by molar-refractivity contribution is -0.137. The predicted molar refractivity (Wildman–Crippen MR) is 122 cm³/mol. The van der Waals surface area contributed by atoms with Crippen LogP contribution >= 0.6 is 0 Å². The second kappa shape index (κ2) is 11.3. The molecule has 1 fully saturated rings. The molecule has 1 aliphatic heterocycles. The van der Waals surface area contributed by atoms with Gasteiger partial charge in [-0.25, -0.2) is 4.98 Å². The first-order valence-corrected chi connectivity index (χ1v) is 10.7. The van der Waals surface area contributed by atoms with Crippen molar-refractivity contribution < 1.29 is 27.4 Å². The molecule has 10 heteroatoms. The maximum absolute atomic E-state index is 12.5. The zero-order chi connectivity index (χ0) is 24.7. The standard InChI is InChI=1S/C18H15F3N4O.C6H12O2/c1-10-6-12-7-11(2-5-15(12)25-16(10)22)17(26)24-9-14-4-3-13(8-23-14)18(19,20)21;1-7-6-3-2-4-8-5-6/h2-8H,9H2,1H3,(H2,22,25)(H,24,26);6H,2-5H2,1H3. The Bertz CT molecular complexity index is 1110. The highest BCUT2D eigenvalue weighted by Gasteiger charge is 2.30. The number of anilines is 1. The van der Waals surface area contributed by atoms with Gasteiger partial charge in [-0.15, -0.1) is 0 Å². The number of alkyl halides is 3. The summed E-state index contributed by atoms with van der Waals surface area (Å²) in [4.78, 5) is 20.2. The SMILES string of the molecule is COC1CCCOC1.Cc1cc2cc(C(=O)NCc3ccc(C(F)(F)F)cn3)ccc2nc1N. The van der Waals surface area contributed by atoms with Crippen molar-refractivity contribution in [3.63, 3.8) is 0 Å². The largest absolute Gasteiger partial charge is 0.417 e. The van der Waals surface area contributed by atoms with E-state index in [0.717, 1.165) is 49.3 Å². The molecule has 0 radical (unpaired) electrons. The molecule has 3 N–H and O–H groups in total. The summed E-state index contributed by atoms with van der Waals surface area (Å²) in [5, 5.41) is 3.41. The summed E-state index contributed by atoms with van der Waals surface area (Å²) in [6.07, 6.45) is -1.01. The van der Waals surface area contributed by atoms with Crippen LogP contribution in [0.2, 0.25) is 0 Å². The van der Waals surface area contributed by atoms with Crippen molar-refractivity contribution in [2.75, 3.05) is 26.1 Å². The molecule has 4 rings (SSSR count). The summed E-state index contributed by atoms with van der Waals surface area (Å²) in [5.41, 5.74) is 7.16. The van der Waals surface area contributed by atoms with Crippen molar-refractivity contribution in [2.24, 2.45) is 0 Å². The number of benzene rings is 1. The van der Waals surface area contributed by atoms with Crippen LogP contribution in [0.15, 0.2) is 42.6 Å². The molecule has 2 aromatic heterocycles. The molecule has 1 atom stereocenters. The number of carbonyl (C=O) groups is 1. The monoisotopic (exact) mass is 476 g/mol. The van der Waals surface area contributed by atoms with Crippen LogP contribution in [-0.4, -0.2) is 42.3 Å². The van der Waals surface area contributed by atoms with Gasteiger partial charge in [0.25, 0.3) is 5.91 Å². The zero-order valence-electron chi connectivity index (χ0n) is 19.0. The van der Waals surface area contributed by atoms with Crippen molar-refractivity contribution in [2.45, 2.75) is 38.6 Å². The van der Waals surface area contributed by atoms with Crippen LogP contribution in [-0.2, 0) is 22.2 Å². The molecule has 1 aromatic carbocycles. The molecule has 1 saturated heterocycles. The van der Waals surface area contributed by atoms with Crippen molar-refractivity contribution >= 4 is 22.6 Å². The van der Waals surface area contributed by atoms with Crippen molar-refractivity contribution in [1.82, 2.24) is 15.3 Å². The number of hydrogen-bond acceptors (Lipinski definition) is 6. The van der Waals surface area contributed by atoms with Gasteiger partial charge in [-0.1, -0.05) is 0 Å². The molecule has 0 spiro atoms. The van der Waals surface area contributed by atoms with Gasteiger partial charge < -0.3 is 20.5 Å². The molecular formula is C24H27F3N4O3. The maximum Gasteiger partial charge on any atom is 0.417 e. The van der Waals surface area contributed by atoms with E-state index in [2.05, 4.69) is 15.3 Å². The van der Waals surface area contributed by atoms with Gasteiger partial charge in [0.1, 0.15) is 5.82 Å². The Labute approximate surface area is 195 Å². The number of pyridine rings is 2. The number of aromatic nitrogens is 2. The van der Waals surface area contributed by atoms with Gasteiger partial charge in [0, 0.05) is 30.9 Å². The summed E-state index contributed by atoms with van der Waals surface area (Å²) < 4.78 is 47.8. The minimum Gasteiger partial charge on any atom is -0.383 e. The van der Waals surface area contributed by atoms with E-state index < -0.39 is 11.7 Å². The number of fused-ring (bicyclic) bond motifs is 1. The Kier molecular flexibility index (Phi) is 8.41. The number of halogens is 3. The lowest BCUT2D eigenvalue weighted by Crippen LogP contribution is -2.23. The molecule has 3 aromatic rings. The topological polar surface area (TPSA) is 99.4 Å². The Morgan fingerprint density at radius 1 is 1.26 bits per heavy atom. The van der Waals surface area contributed by atoms with Gasteiger partial charge in [-0.05, 0) is 61.7 Å². The summed E-state index contributed by atoms with van der Waals surface area (Å²) in [6, 6.07) is 9.00. The molecular weight excluding hydrogens is 449 g/mol. The fourth-order valence-corrected chi connectivity index (χ4v) is 3.31.